The first-order valence-electron chi connectivity index (χ1n) is 8.07. The van der Waals surface area contributed by atoms with Gasteiger partial charge in [0, 0.05) is 31.5 Å². The zero-order chi connectivity index (χ0) is 15.2. The molecule has 1 aromatic heterocycles. The number of aliphatic hydroxyl groups is 1. The molecule has 0 spiro atoms. The SMILES string of the molecule is C[C@H](c1cccnc1)N(C)CC1CCN(C[C@@H](C)O)CC1. The van der Waals surface area contributed by atoms with Gasteiger partial charge in [-0.2, -0.15) is 0 Å². The van der Waals surface area contributed by atoms with E-state index in [4.69, 9.17) is 0 Å². The summed E-state index contributed by atoms with van der Waals surface area (Å²) in [4.78, 5) is 9.03. The summed E-state index contributed by atoms with van der Waals surface area (Å²) in [5.41, 5.74) is 1.28. The first kappa shape index (κ1) is 16.4. The van der Waals surface area contributed by atoms with Gasteiger partial charge in [0.05, 0.1) is 6.10 Å². The smallest absolute Gasteiger partial charge is 0.0639 e. The molecule has 2 rings (SSSR count). The maximum Gasteiger partial charge on any atom is 0.0639 e. The highest BCUT2D eigenvalue weighted by Gasteiger charge is 2.22. The predicted molar refractivity (Wildman–Crippen MR) is 86.1 cm³/mol. The van der Waals surface area contributed by atoms with Crippen molar-refractivity contribution in [2.24, 2.45) is 5.92 Å². The molecule has 4 nitrogen and oxygen atoms in total. The van der Waals surface area contributed by atoms with Crippen molar-refractivity contribution in [2.45, 2.75) is 38.8 Å². The Labute approximate surface area is 128 Å². The Hall–Kier alpha value is -0.970. The van der Waals surface area contributed by atoms with Gasteiger partial charge in [0.15, 0.2) is 0 Å². The van der Waals surface area contributed by atoms with E-state index in [-0.39, 0.29) is 6.10 Å². The lowest BCUT2D eigenvalue weighted by atomic mass is 9.95. The molecule has 1 fully saturated rings. The van der Waals surface area contributed by atoms with Crippen LogP contribution in [-0.2, 0) is 0 Å². The summed E-state index contributed by atoms with van der Waals surface area (Å²) in [5, 5.41) is 9.46. The number of hydrogen-bond acceptors (Lipinski definition) is 4. The number of piperidine rings is 1. The number of hydrogen-bond donors (Lipinski definition) is 1. The summed E-state index contributed by atoms with van der Waals surface area (Å²) < 4.78 is 0. The Balaban J connectivity index is 1.78. The van der Waals surface area contributed by atoms with Gasteiger partial charge in [0.1, 0.15) is 0 Å². The fourth-order valence-corrected chi connectivity index (χ4v) is 3.17. The van der Waals surface area contributed by atoms with Gasteiger partial charge >= 0.3 is 0 Å². The molecule has 118 valence electrons. The lowest BCUT2D eigenvalue weighted by Gasteiger charge is -2.36. The second kappa shape index (κ2) is 7.87. The van der Waals surface area contributed by atoms with Crippen molar-refractivity contribution in [1.82, 2.24) is 14.8 Å². The molecule has 0 aliphatic carbocycles. The minimum atomic E-state index is -0.213. The summed E-state index contributed by atoms with van der Waals surface area (Å²) in [6.45, 7) is 8.30. The van der Waals surface area contributed by atoms with Crippen LogP contribution in [0, 0.1) is 5.92 Å². The van der Waals surface area contributed by atoms with Gasteiger partial charge in [-0.25, -0.2) is 0 Å². The second-order valence-electron chi connectivity index (χ2n) is 6.49. The normalized spacial score (nSPS) is 20.6. The summed E-state index contributed by atoms with van der Waals surface area (Å²) in [5.74, 6) is 0.763. The molecular formula is C17H29N3O. The highest BCUT2D eigenvalue weighted by molar-refractivity contribution is 5.12. The van der Waals surface area contributed by atoms with Crippen molar-refractivity contribution in [2.75, 3.05) is 33.2 Å². The third-order valence-corrected chi connectivity index (χ3v) is 4.60. The van der Waals surface area contributed by atoms with Gasteiger partial charge in [-0.05, 0) is 64.4 Å². The minimum Gasteiger partial charge on any atom is -0.392 e. The quantitative estimate of drug-likeness (QED) is 0.872. The second-order valence-corrected chi connectivity index (χ2v) is 6.49. The topological polar surface area (TPSA) is 39.6 Å². The van der Waals surface area contributed by atoms with E-state index in [9.17, 15) is 5.11 Å². The number of likely N-dealkylation sites (tertiary alicyclic amines) is 1. The largest absolute Gasteiger partial charge is 0.392 e. The maximum atomic E-state index is 9.46. The van der Waals surface area contributed by atoms with Crippen molar-refractivity contribution in [3.05, 3.63) is 30.1 Å². The highest BCUT2D eigenvalue weighted by Crippen LogP contribution is 2.23. The van der Waals surface area contributed by atoms with Crippen LogP contribution in [0.1, 0.15) is 38.3 Å². The third kappa shape index (κ3) is 5.06. The average Bonchev–Trinajstić information content (AvgIpc) is 2.49. The van der Waals surface area contributed by atoms with E-state index in [2.05, 4.69) is 34.8 Å². The van der Waals surface area contributed by atoms with E-state index in [1.165, 1.54) is 18.4 Å². The summed E-state index contributed by atoms with van der Waals surface area (Å²) in [6, 6.07) is 4.57. The van der Waals surface area contributed by atoms with Gasteiger partial charge in [-0.3, -0.25) is 9.88 Å². The molecule has 0 bridgehead atoms. The van der Waals surface area contributed by atoms with Crippen LogP contribution in [-0.4, -0.2) is 59.2 Å². The van der Waals surface area contributed by atoms with Crippen molar-refractivity contribution < 1.29 is 5.11 Å². The van der Waals surface area contributed by atoms with Gasteiger partial charge in [-0.1, -0.05) is 6.07 Å². The van der Waals surface area contributed by atoms with Crippen LogP contribution < -0.4 is 0 Å². The molecule has 1 saturated heterocycles. The summed E-state index contributed by atoms with van der Waals surface area (Å²) >= 11 is 0. The van der Waals surface area contributed by atoms with Crippen LogP contribution in [0.15, 0.2) is 24.5 Å². The molecule has 1 N–H and O–H groups in total. The number of pyridine rings is 1. The molecule has 0 amide bonds. The summed E-state index contributed by atoms with van der Waals surface area (Å²) in [7, 11) is 2.21. The van der Waals surface area contributed by atoms with Crippen molar-refractivity contribution in [3.8, 4) is 0 Å². The van der Waals surface area contributed by atoms with Crippen LogP contribution in [0.4, 0.5) is 0 Å². The van der Waals surface area contributed by atoms with Crippen LogP contribution >= 0.6 is 0 Å². The van der Waals surface area contributed by atoms with Crippen LogP contribution in [0.5, 0.6) is 0 Å². The highest BCUT2D eigenvalue weighted by atomic mass is 16.3. The van der Waals surface area contributed by atoms with E-state index >= 15 is 0 Å². The Morgan fingerprint density at radius 1 is 1.38 bits per heavy atom. The zero-order valence-electron chi connectivity index (χ0n) is 13.6. The van der Waals surface area contributed by atoms with E-state index < -0.39 is 0 Å². The fraction of sp³-hybridized carbons (Fsp3) is 0.706. The van der Waals surface area contributed by atoms with Crippen molar-refractivity contribution in [3.63, 3.8) is 0 Å². The lowest BCUT2D eigenvalue weighted by molar-refractivity contribution is 0.0886. The first-order valence-corrected chi connectivity index (χ1v) is 8.07. The maximum absolute atomic E-state index is 9.46. The first-order chi connectivity index (χ1) is 10.1. The molecule has 4 heteroatoms. The van der Waals surface area contributed by atoms with E-state index in [0.717, 1.165) is 32.1 Å². The zero-order valence-corrected chi connectivity index (χ0v) is 13.6. The number of aliphatic hydroxyl groups excluding tert-OH is 1. The predicted octanol–water partition coefficient (Wildman–Crippen LogP) is 2.17. The van der Waals surface area contributed by atoms with Crippen LogP contribution in [0.2, 0.25) is 0 Å². The molecule has 0 saturated carbocycles. The van der Waals surface area contributed by atoms with Gasteiger partial charge < -0.3 is 10.0 Å². The average molecular weight is 291 g/mol. The molecule has 21 heavy (non-hydrogen) atoms. The molecule has 1 aliphatic heterocycles. The van der Waals surface area contributed by atoms with Gasteiger partial charge in [0.25, 0.3) is 0 Å². The molecule has 1 aromatic rings. The molecule has 2 heterocycles. The molecule has 2 atom stereocenters. The minimum absolute atomic E-state index is 0.213. The standard InChI is InChI=1S/C17H29N3O/c1-14(21)12-20-9-6-16(7-10-20)13-19(3)15(2)17-5-4-8-18-11-17/h4-5,8,11,14-16,21H,6-7,9-10,12-13H2,1-3H3/t14-,15-/m1/s1. The third-order valence-electron chi connectivity index (χ3n) is 4.60. The Morgan fingerprint density at radius 3 is 2.67 bits per heavy atom. The fourth-order valence-electron chi connectivity index (χ4n) is 3.17. The number of rotatable bonds is 6. The molecule has 0 unspecified atom stereocenters. The van der Waals surface area contributed by atoms with Crippen LogP contribution in [0.3, 0.4) is 0 Å². The number of aromatic nitrogens is 1. The molecular weight excluding hydrogens is 262 g/mol. The molecule has 0 aromatic carbocycles. The van der Waals surface area contributed by atoms with E-state index in [1.807, 2.05) is 25.4 Å². The Morgan fingerprint density at radius 2 is 2.10 bits per heavy atom. The Bertz CT molecular complexity index is 402. The van der Waals surface area contributed by atoms with Crippen molar-refractivity contribution >= 4 is 0 Å². The monoisotopic (exact) mass is 291 g/mol. The van der Waals surface area contributed by atoms with Gasteiger partial charge in [-0.15, -0.1) is 0 Å². The number of β-amino-alcohol motifs (C(OH)–C–C–N with tert-alkyl or cyclic N) is 1. The van der Waals surface area contributed by atoms with Crippen molar-refractivity contribution in [1.29, 1.82) is 0 Å². The van der Waals surface area contributed by atoms with Crippen LogP contribution in [0.25, 0.3) is 0 Å². The van der Waals surface area contributed by atoms with Gasteiger partial charge in [0.2, 0.25) is 0 Å². The number of nitrogens with zero attached hydrogens (tertiary/aromatic N) is 3. The Kier molecular flexibility index (Phi) is 6.15. The molecule has 0 radical (unpaired) electrons. The summed E-state index contributed by atoms with van der Waals surface area (Å²) in [6.07, 6.45) is 6.04. The lowest BCUT2D eigenvalue weighted by Crippen LogP contribution is -2.41. The van der Waals surface area contributed by atoms with E-state index in [0.29, 0.717) is 6.04 Å². The molecule has 1 aliphatic rings. The van der Waals surface area contributed by atoms with E-state index in [1.54, 1.807) is 0 Å².